The Morgan fingerprint density at radius 3 is 2.78 bits per heavy atom. The summed E-state index contributed by atoms with van der Waals surface area (Å²) in [4.78, 5) is 17.7. The summed E-state index contributed by atoms with van der Waals surface area (Å²) in [5.74, 6) is -0.177. The Hall–Kier alpha value is -0.920. The van der Waals surface area contributed by atoms with Crippen molar-refractivity contribution < 1.29 is 4.39 Å². The van der Waals surface area contributed by atoms with Gasteiger partial charge < -0.3 is 10.3 Å². The Kier molecular flexibility index (Phi) is 4.04. The highest BCUT2D eigenvalue weighted by atomic mass is 79.9. The maximum atomic E-state index is 13.1. The van der Waals surface area contributed by atoms with Crippen LogP contribution in [-0.4, -0.2) is 9.97 Å². The molecule has 0 amide bonds. The van der Waals surface area contributed by atoms with E-state index in [4.69, 9.17) is 11.6 Å². The number of H-pyrrole nitrogens is 1. The minimum Gasteiger partial charge on any atom is -0.337 e. The SMILES string of the molecule is O=c1[nH]cnc(Nc2c(Cl)cc(F)cc2Br)c1Br. The predicted molar refractivity (Wildman–Crippen MR) is 75.0 cm³/mol. The highest BCUT2D eigenvalue weighted by molar-refractivity contribution is 9.11. The molecule has 8 heteroatoms. The van der Waals surface area contributed by atoms with E-state index in [9.17, 15) is 9.18 Å². The quantitative estimate of drug-likeness (QED) is 0.810. The molecule has 4 nitrogen and oxygen atoms in total. The third-order valence-electron chi connectivity index (χ3n) is 2.05. The molecule has 0 aliphatic carbocycles. The Labute approximate surface area is 123 Å². The van der Waals surface area contributed by atoms with Crippen LogP contribution in [0.2, 0.25) is 5.02 Å². The van der Waals surface area contributed by atoms with E-state index in [1.165, 1.54) is 12.4 Å². The van der Waals surface area contributed by atoms with Crippen LogP contribution in [0, 0.1) is 5.82 Å². The smallest absolute Gasteiger partial charge is 0.267 e. The van der Waals surface area contributed by atoms with Crippen molar-refractivity contribution in [1.29, 1.82) is 0 Å². The summed E-state index contributed by atoms with van der Waals surface area (Å²) in [6.45, 7) is 0. The number of rotatable bonds is 2. The van der Waals surface area contributed by atoms with Crippen molar-refractivity contribution in [3.8, 4) is 0 Å². The van der Waals surface area contributed by atoms with E-state index < -0.39 is 5.82 Å². The number of aromatic nitrogens is 2. The van der Waals surface area contributed by atoms with Crippen LogP contribution in [0.5, 0.6) is 0 Å². The Morgan fingerprint density at radius 1 is 1.39 bits per heavy atom. The van der Waals surface area contributed by atoms with Crippen LogP contribution < -0.4 is 10.9 Å². The van der Waals surface area contributed by atoms with E-state index in [2.05, 4.69) is 47.1 Å². The predicted octanol–water partition coefficient (Wildman–Crippen LogP) is 3.83. The molecular weight excluding hydrogens is 392 g/mol. The van der Waals surface area contributed by atoms with Gasteiger partial charge in [-0.25, -0.2) is 9.37 Å². The third-order valence-corrected chi connectivity index (χ3v) is 3.71. The van der Waals surface area contributed by atoms with E-state index in [0.717, 1.165) is 6.07 Å². The molecule has 0 fully saturated rings. The van der Waals surface area contributed by atoms with Crippen molar-refractivity contribution in [1.82, 2.24) is 9.97 Å². The van der Waals surface area contributed by atoms with Gasteiger partial charge in [0.05, 0.1) is 17.0 Å². The molecule has 1 heterocycles. The first-order valence-electron chi connectivity index (χ1n) is 4.64. The zero-order chi connectivity index (χ0) is 13.3. The molecular formula is C10H5Br2ClFN3O. The van der Waals surface area contributed by atoms with E-state index in [-0.39, 0.29) is 20.9 Å². The number of aromatic amines is 1. The van der Waals surface area contributed by atoms with E-state index in [0.29, 0.717) is 10.2 Å². The fourth-order valence-electron chi connectivity index (χ4n) is 1.25. The molecule has 2 aromatic rings. The van der Waals surface area contributed by atoms with Crippen molar-refractivity contribution >= 4 is 55.0 Å². The normalized spacial score (nSPS) is 10.4. The van der Waals surface area contributed by atoms with Crippen molar-refractivity contribution in [2.24, 2.45) is 0 Å². The van der Waals surface area contributed by atoms with Gasteiger partial charge >= 0.3 is 0 Å². The van der Waals surface area contributed by atoms with E-state index in [1.54, 1.807) is 0 Å². The minimum atomic E-state index is -0.463. The first-order valence-corrected chi connectivity index (χ1v) is 6.60. The molecule has 2 N–H and O–H groups in total. The average Bonchev–Trinajstić information content (AvgIpc) is 2.28. The molecule has 0 aliphatic rings. The number of nitrogens with one attached hydrogen (secondary N) is 2. The molecule has 0 saturated carbocycles. The summed E-state index contributed by atoms with van der Waals surface area (Å²) >= 11 is 12.2. The molecule has 0 saturated heterocycles. The van der Waals surface area contributed by atoms with Crippen LogP contribution in [0.4, 0.5) is 15.9 Å². The highest BCUT2D eigenvalue weighted by Gasteiger charge is 2.12. The second kappa shape index (κ2) is 5.38. The van der Waals surface area contributed by atoms with Crippen LogP contribution in [0.15, 0.2) is 32.2 Å². The van der Waals surface area contributed by atoms with Gasteiger partial charge in [-0.2, -0.15) is 0 Å². The number of hydrogen-bond donors (Lipinski definition) is 2. The van der Waals surface area contributed by atoms with Crippen molar-refractivity contribution in [3.63, 3.8) is 0 Å². The van der Waals surface area contributed by atoms with Gasteiger partial charge in [-0.1, -0.05) is 11.6 Å². The largest absolute Gasteiger partial charge is 0.337 e. The molecule has 0 unspecified atom stereocenters. The second-order valence-electron chi connectivity index (χ2n) is 3.26. The van der Waals surface area contributed by atoms with Gasteiger partial charge in [0.15, 0.2) is 5.82 Å². The highest BCUT2D eigenvalue weighted by Crippen LogP contribution is 2.34. The number of nitrogens with zero attached hydrogens (tertiary/aromatic N) is 1. The van der Waals surface area contributed by atoms with Crippen LogP contribution in [0.25, 0.3) is 0 Å². The lowest BCUT2D eigenvalue weighted by Gasteiger charge is -2.10. The fourth-order valence-corrected chi connectivity index (χ4v) is 2.46. The van der Waals surface area contributed by atoms with Crippen molar-refractivity contribution in [3.05, 3.63) is 48.6 Å². The molecule has 0 spiro atoms. The molecule has 94 valence electrons. The van der Waals surface area contributed by atoms with Crippen molar-refractivity contribution in [2.45, 2.75) is 0 Å². The van der Waals surface area contributed by atoms with Crippen LogP contribution >= 0.6 is 43.5 Å². The van der Waals surface area contributed by atoms with Gasteiger partial charge in [0, 0.05) is 4.47 Å². The zero-order valence-electron chi connectivity index (χ0n) is 8.60. The average molecular weight is 397 g/mol. The number of anilines is 2. The summed E-state index contributed by atoms with van der Waals surface area (Å²) in [5.41, 5.74) is 0.0960. The summed E-state index contributed by atoms with van der Waals surface area (Å²) in [6, 6.07) is 2.42. The molecule has 2 rings (SSSR count). The standard InChI is InChI=1S/C10H5Br2ClFN3O/c11-5-1-4(14)2-6(13)8(5)17-9-7(12)10(18)16-3-15-9/h1-3H,(H2,15,16,17,18). The maximum absolute atomic E-state index is 13.1. The Morgan fingerprint density at radius 2 is 2.11 bits per heavy atom. The molecule has 0 radical (unpaired) electrons. The van der Waals surface area contributed by atoms with E-state index in [1.807, 2.05) is 0 Å². The second-order valence-corrected chi connectivity index (χ2v) is 5.32. The van der Waals surface area contributed by atoms with Crippen molar-refractivity contribution in [2.75, 3.05) is 5.32 Å². The van der Waals surface area contributed by atoms with Gasteiger partial charge in [0.25, 0.3) is 5.56 Å². The van der Waals surface area contributed by atoms with Gasteiger partial charge in [-0.05, 0) is 44.0 Å². The number of halogens is 4. The number of benzene rings is 1. The van der Waals surface area contributed by atoms with E-state index >= 15 is 0 Å². The third kappa shape index (κ3) is 2.73. The summed E-state index contributed by atoms with van der Waals surface area (Å²) in [7, 11) is 0. The fraction of sp³-hybridized carbons (Fsp3) is 0. The van der Waals surface area contributed by atoms with Gasteiger partial charge in [-0.3, -0.25) is 4.79 Å². The number of hydrogen-bond acceptors (Lipinski definition) is 3. The van der Waals surface area contributed by atoms with Crippen LogP contribution in [0.3, 0.4) is 0 Å². The molecule has 0 atom stereocenters. The molecule has 0 bridgehead atoms. The molecule has 1 aromatic heterocycles. The molecule has 18 heavy (non-hydrogen) atoms. The lowest BCUT2D eigenvalue weighted by molar-refractivity contribution is 0.627. The lowest BCUT2D eigenvalue weighted by Crippen LogP contribution is -2.10. The summed E-state index contributed by atoms with van der Waals surface area (Å²) in [6.07, 6.45) is 1.25. The Bertz CT molecular complexity index is 639. The summed E-state index contributed by atoms with van der Waals surface area (Å²) in [5, 5.41) is 3.03. The zero-order valence-corrected chi connectivity index (χ0v) is 12.5. The molecule has 1 aromatic carbocycles. The van der Waals surface area contributed by atoms with Crippen LogP contribution in [-0.2, 0) is 0 Å². The van der Waals surface area contributed by atoms with Gasteiger partial charge in [0.2, 0.25) is 0 Å². The summed E-state index contributed by atoms with van der Waals surface area (Å²) < 4.78 is 13.7. The Balaban J connectivity index is 2.47. The topological polar surface area (TPSA) is 57.8 Å². The van der Waals surface area contributed by atoms with Crippen LogP contribution in [0.1, 0.15) is 0 Å². The van der Waals surface area contributed by atoms with Gasteiger partial charge in [-0.15, -0.1) is 0 Å². The monoisotopic (exact) mass is 395 g/mol. The molecule has 0 aliphatic heterocycles. The first-order chi connectivity index (χ1) is 8.49. The maximum Gasteiger partial charge on any atom is 0.267 e. The lowest BCUT2D eigenvalue weighted by atomic mass is 10.3. The first kappa shape index (κ1) is 13.5. The van der Waals surface area contributed by atoms with Gasteiger partial charge in [0.1, 0.15) is 10.3 Å². The minimum absolute atomic E-state index is 0.177.